The summed E-state index contributed by atoms with van der Waals surface area (Å²) in [5.41, 5.74) is 0. The quantitative estimate of drug-likeness (QED) is 0.294. The number of hydrogen-bond donors (Lipinski definition) is 0. The lowest BCUT2D eigenvalue weighted by atomic mass is 10.5. The Bertz CT molecular complexity index is 245. The summed E-state index contributed by atoms with van der Waals surface area (Å²) in [4.78, 5) is 10.00. The summed E-state index contributed by atoms with van der Waals surface area (Å²) in [6.07, 6.45) is 1.99. The highest BCUT2D eigenvalue weighted by molar-refractivity contribution is 7.48. The van der Waals surface area contributed by atoms with Crippen molar-refractivity contribution in [1.29, 1.82) is 0 Å². The van der Waals surface area contributed by atoms with E-state index in [9.17, 15) is 9.36 Å². The summed E-state index contributed by atoms with van der Waals surface area (Å²) in [5, 5.41) is 0. The number of phosphoric ester groups is 1. The second-order valence-corrected chi connectivity index (χ2v) is 4.85. The number of phosphoric acid groups is 1. The van der Waals surface area contributed by atoms with E-state index in [1.165, 1.54) is 0 Å². The van der Waals surface area contributed by atoms with Crippen molar-refractivity contribution in [2.24, 2.45) is 0 Å². The van der Waals surface area contributed by atoms with Crippen LogP contribution in [0.5, 0.6) is 0 Å². The third-order valence-electron chi connectivity index (χ3n) is 1.03. The Hall–Kier alpha value is -0.640. The first kappa shape index (κ1) is 14.4. The Kier molecular flexibility index (Phi) is 6.48. The molecule has 0 bridgehead atoms. The summed E-state index contributed by atoms with van der Waals surface area (Å²) in [6, 6.07) is 0. The summed E-state index contributed by atoms with van der Waals surface area (Å²) in [7, 11) is -3.61. The monoisotopic (exact) mass is 236 g/mol. The first-order valence-electron chi connectivity index (χ1n) is 4.65. The number of carbonyl (C=O) groups is 1. The van der Waals surface area contributed by atoms with Crippen molar-refractivity contribution in [3.63, 3.8) is 0 Å². The molecule has 15 heavy (non-hydrogen) atoms. The molecule has 0 spiro atoms. The Morgan fingerprint density at radius 1 is 1.07 bits per heavy atom. The minimum absolute atomic E-state index is 0.292. The van der Waals surface area contributed by atoms with E-state index in [-0.39, 0.29) is 12.2 Å². The lowest BCUT2D eigenvalue weighted by molar-refractivity contribution is -0.104. The van der Waals surface area contributed by atoms with Crippen LogP contribution in [-0.2, 0) is 22.9 Å². The van der Waals surface area contributed by atoms with Gasteiger partial charge in [-0.3, -0.25) is 13.8 Å². The van der Waals surface area contributed by atoms with Crippen LogP contribution in [0.15, 0.2) is 12.3 Å². The Balaban J connectivity index is 4.47. The predicted octanol–water partition coefficient (Wildman–Crippen LogP) is 2.67. The molecule has 0 aromatic heterocycles. The SMILES string of the molecule is CC(C)OP(=O)(O/C=C/C=O)OC(C)C. The van der Waals surface area contributed by atoms with Crippen LogP contribution >= 0.6 is 7.82 Å². The van der Waals surface area contributed by atoms with E-state index in [0.717, 1.165) is 12.3 Å². The molecule has 6 heteroatoms. The van der Waals surface area contributed by atoms with Gasteiger partial charge < -0.3 is 4.52 Å². The third kappa shape index (κ3) is 7.31. The Labute approximate surface area is 90.0 Å². The van der Waals surface area contributed by atoms with Crippen LogP contribution in [0.2, 0.25) is 0 Å². The summed E-state index contributed by atoms with van der Waals surface area (Å²) in [6.45, 7) is 6.85. The van der Waals surface area contributed by atoms with Gasteiger partial charge in [0.1, 0.15) is 6.29 Å². The van der Waals surface area contributed by atoms with E-state index >= 15 is 0 Å². The van der Waals surface area contributed by atoms with Gasteiger partial charge in [0.2, 0.25) is 0 Å². The van der Waals surface area contributed by atoms with Gasteiger partial charge in [-0.1, -0.05) is 0 Å². The molecule has 0 aliphatic rings. The van der Waals surface area contributed by atoms with E-state index in [2.05, 4.69) is 0 Å². The van der Waals surface area contributed by atoms with E-state index in [1.54, 1.807) is 27.7 Å². The van der Waals surface area contributed by atoms with Crippen LogP contribution in [0.3, 0.4) is 0 Å². The van der Waals surface area contributed by atoms with Crippen molar-refractivity contribution in [1.82, 2.24) is 0 Å². The maximum absolute atomic E-state index is 11.9. The molecule has 0 aromatic rings. The lowest BCUT2D eigenvalue weighted by Gasteiger charge is -2.20. The van der Waals surface area contributed by atoms with E-state index < -0.39 is 7.82 Å². The third-order valence-corrected chi connectivity index (χ3v) is 2.77. The van der Waals surface area contributed by atoms with Gasteiger partial charge in [-0.2, -0.15) is 0 Å². The number of carbonyl (C=O) groups excluding carboxylic acids is 1. The van der Waals surface area contributed by atoms with Gasteiger partial charge in [0, 0.05) is 6.08 Å². The van der Waals surface area contributed by atoms with Crippen LogP contribution in [0.1, 0.15) is 27.7 Å². The molecule has 0 N–H and O–H groups in total. The average Bonchev–Trinajstić information content (AvgIpc) is 2.00. The minimum Gasteiger partial charge on any atom is -0.412 e. The van der Waals surface area contributed by atoms with Gasteiger partial charge in [-0.25, -0.2) is 4.57 Å². The molecule has 0 aliphatic carbocycles. The molecule has 0 fully saturated rings. The van der Waals surface area contributed by atoms with Gasteiger partial charge >= 0.3 is 7.82 Å². The van der Waals surface area contributed by atoms with Crippen LogP contribution < -0.4 is 0 Å². The smallest absolute Gasteiger partial charge is 0.412 e. The van der Waals surface area contributed by atoms with Crippen LogP contribution in [0, 0.1) is 0 Å². The molecule has 0 saturated heterocycles. The topological polar surface area (TPSA) is 61.8 Å². The molecule has 0 aromatic carbocycles. The fraction of sp³-hybridized carbons (Fsp3) is 0.667. The number of allylic oxidation sites excluding steroid dienone is 1. The molecule has 0 unspecified atom stereocenters. The normalized spacial score (nSPS) is 12.7. The van der Waals surface area contributed by atoms with Gasteiger partial charge in [-0.05, 0) is 27.7 Å². The second kappa shape index (κ2) is 6.77. The van der Waals surface area contributed by atoms with Crippen molar-refractivity contribution < 1.29 is 22.9 Å². The molecule has 0 amide bonds. The van der Waals surface area contributed by atoms with Crippen LogP contribution in [0.4, 0.5) is 0 Å². The average molecular weight is 236 g/mol. The Morgan fingerprint density at radius 2 is 1.53 bits per heavy atom. The summed E-state index contributed by atoms with van der Waals surface area (Å²) < 4.78 is 26.7. The zero-order valence-corrected chi connectivity index (χ0v) is 10.3. The highest BCUT2D eigenvalue weighted by atomic mass is 31.2. The zero-order valence-electron chi connectivity index (χ0n) is 9.38. The molecule has 0 radical (unpaired) electrons. The van der Waals surface area contributed by atoms with Crippen molar-refractivity contribution in [3.8, 4) is 0 Å². The highest BCUT2D eigenvalue weighted by Crippen LogP contribution is 2.51. The van der Waals surface area contributed by atoms with Crippen LogP contribution in [0.25, 0.3) is 0 Å². The summed E-state index contributed by atoms with van der Waals surface area (Å²) in [5.74, 6) is 0. The van der Waals surface area contributed by atoms with E-state index in [4.69, 9.17) is 13.6 Å². The van der Waals surface area contributed by atoms with Crippen molar-refractivity contribution >= 4 is 14.1 Å². The molecule has 0 atom stereocenters. The largest absolute Gasteiger partial charge is 0.529 e. The summed E-state index contributed by atoms with van der Waals surface area (Å²) >= 11 is 0. The zero-order chi connectivity index (χ0) is 11.9. The van der Waals surface area contributed by atoms with Gasteiger partial charge in [-0.15, -0.1) is 0 Å². The second-order valence-electron chi connectivity index (χ2n) is 3.33. The molecule has 0 rings (SSSR count). The highest BCUT2D eigenvalue weighted by Gasteiger charge is 2.29. The fourth-order valence-corrected chi connectivity index (χ4v) is 2.13. The molecular formula is C9H17O5P. The maximum Gasteiger partial charge on any atom is 0.529 e. The standard InChI is InChI=1S/C9H17O5P/c1-8(2)13-15(11,14-9(3)4)12-7-5-6-10/h5-9H,1-4H3/b7-5+. The van der Waals surface area contributed by atoms with E-state index in [1.807, 2.05) is 0 Å². The van der Waals surface area contributed by atoms with Gasteiger partial charge in [0.15, 0.2) is 0 Å². The molecule has 5 nitrogen and oxygen atoms in total. The number of hydrogen-bond acceptors (Lipinski definition) is 5. The van der Waals surface area contributed by atoms with Crippen molar-refractivity contribution in [2.75, 3.05) is 0 Å². The predicted molar refractivity (Wildman–Crippen MR) is 56.3 cm³/mol. The van der Waals surface area contributed by atoms with Gasteiger partial charge in [0.05, 0.1) is 18.5 Å². The lowest BCUT2D eigenvalue weighted by Crippen LogP contribution is -2.08. The molecule has 0 aliphatic heterocycles. The molecule has 88 valence electrons. The van der Waals surface area contributed by atoms with Crippen LogP contribution in [-0.4, -0.2) is 18.5 Å². The number of aldehydes is 1. The van der Waals surface area contributed by atoms with Crippen molar-refractivity contribution in [3.05, 3.63) is 12.3 Å². The first-order chi connectivity index (χ1) is 6.89. The van der Waals surface area contributed by atoms with Gasteiger partial charge in [0.25, 0.3) is 0 Å². The van der Waals surface area contributed by atoms with E-state index in [0.29, 0.717) is 6.29 Å². The molecule has 0 heterocycles. The minimum atomic E-state index is -3.61. The van der Waals surface area contributed by atoms with Crippen molar-refractivity contribution in [2.45, 2.75) is 39.9 Å². The maximum atomic E-state index is 11.9. The fourth-order valence-electron chi connectivity index (χ4n) is 0.733. The first-order valence-corrected chi connectivity index (χ1v) is 6.11. The molecule has 0 saturated carbocycles. The Morgan fingerprint density at radius 3 is 1.87 bits per heavy atom. The number of rotatable bonds is 7. The molecular weight excluding hydrogens is 219 g/mol.